The lowest BCUT2D eigenvalue weighted by molar-refractivity contribution is -0.192. The lowest BCUT2D eigenvalue weighted by atomic mass is 9.83. The summed E-state index contributed by atoms with van der Waals surface area (Å²) in [5.74, 6) is -3.02. The van der Waals surface area contributed by atoms with E-state index in [2.05, 4.69) is 4.98 Å². The standard InChI is InChI=1S/C26H29Cl3N4O3.C2HF3O2/c1-16(34)32-10-7-17(8-11-32)26(36)33-12-9-23(20(15-33)18-3-5-21(27)22(28)13-18)31(2)25(35)19-4-6-24(29)30-14-19;3-2(4,5)1(6)7/h3-6,13-14,17,20,23H,7-12,15H2,1-2H3;(H,6,7). The molecule has 3 heterocycles. The number of carbonyl (C=O) groups is 4. The van der Waals surface area contributed by atoms with Crippen LogP contribution in [0.1, 0.15) is 48.0 Å². The number of carboxylic acid groups (broad SMARTS) is 1. The molecule has 1 N–H and O–H groups in total. The molecule has 0 radical (unpaired) electrons. The second kappa shape index (κ2) is 14.6. The molecule has 1 aromatic heterocycles. The lowest BCUT2D eigenvalue weighted by Crippen LogP contribution is -2.53. The number of piperidine rings is 2. The summed E-state index contributed by atoms with van der Waals surface area (Å²) in [5.41, 5.74) is 1.37. The molecule has 3 amide bonds. The van der Waals surface area contributed by atoms with Gasteiger partial charge in [-0.25, -0.2) is 9.78 Å². The number of carbonyl (C=O) groups excluding carboxylic acids is 3. The first-order valence-corrected chi connectivity index (χ1v) is 14.4. The zero-order chi connectivity index (χ0) is 32.1. The number of likely N-dealkylation sites (N-methyl/N-ethyl adjacent to an activating group) is 1. The molecule has 2 aliphatic rings. The van der Waals surface area contributed by atoms with Crippen LogP contribution in [0.25, 0.3) is 0 Å². The van der Waals surface area contributed by atoms with Gasteiger partial charge in [-0.05, 0) is 49.1 Å². The average molecular weight is 666 g/mol. The number of hydrogen-bond donors (Lipinski definition) is 1. The van der Waals surface area contributed by atoms with Crippen molar-refractivity contribution in [2.45, 2.75) is 44.3 Å². The monoisotopic (exact) mass is 664 g/mol. The highest BCUT2D eigenvalue weighted by atomic mass is 35.5. The third-order valence-corrected chi connectivity index (χ3v) is 8.55. The van der Waals surface area contributed by atoms with Gasteiger partial charge in [0, 0.05) is 64.2 Å². The van der Waals surface area contributed by atoms with E-state index in [0.717, 1.165) is 5.56 Å². The molecule has 0 saturated carbocycles. The lowest BCUT2D eigenvalue weighted by Gasteiger charge is -2.44. The Balaban J connectivity index is 0.000000646. The highest BCUT2D eigenvalue weighted by molar-refractivity contribution is 6.42. The topological polar surface area (TPSA) is 111 Å². The highest BCUT2D eigenvalue weighted by Crippen LogP contribution is 2.35. The van der Waals surface area contributed by atoms with E-state index in [0.29, 0.717) is 66.2 Å². The Bertz CT molecular complexity index is 1340. The Morgan fingerprint density at radius 2 is 1.56 bits per heavy atom. The molecule has 0 spiro atoms. The van der Waals surface area contributed by atoms with Gasteiger partial charge in [0.25, 0.3) is 5.91 Å². The molecule has 0 aliphatic carbocycles. The summed E-state index contributed by atoms with van der Waals surface area (Å²) >= 11 is 18.4. The molecule has 2 unspecified atom stereocenters. The first kappa shape index (κ1) is 34.4. The maximum atomic E-state index is 13.5. The number of carboxylic acids is 1. The van der Waals surface area contributed by atoms with Gasteiger partial charge in [0.2, 0.25) is 11.8 Å². The summed E-state index contributed by atoms with van der Waals surface area (Å²) in [6, 6.07) is 8.58. The quantitative estimate of drug-likeness (QED) is 0.439. The fourth-order valence-electron chi connectivity index (χ4n) is 5.23. The van der Waals surface area contributed by atoms with Gasteiger partial charge in [-0.15, -0.1) is 0 Å². The van der Waals surface area contributed by atoms with Crippen molar-refractivity contribution in [2.75, 3.05) is 33.2 Å². The summed E-state index contributed by atoms with van der Waals surface area (Å²) in [6.45, 7) is 3.78. The zero-order valence-corrected chi connectivity index (χ0v) is 25.6. The van der Waals surface area contributed by atoms with E-state index in [1.54, 1.807) is 42.0 Å². The van der Waals surface area contributed by atoms with Crippen molar-refractivity contribution in [1.29, 1.82) is 0 Å². The van der Waals surface area contributed by atoms with Gasteiger partial charge in [0.1, 0.15) is 5.15 Å². The van der Waals surface area contributed by atoms with E-state index in [1.807, 2.05) is 17.0 Å². The van der Waals surface area contributed by atoms with E-state index in [9.17, 15) is 27.6 Å². The molecule has 43 heavy (non-hydrogen) atoms. The molecule has 2 aliphatic heterocycles. The van der Waals surface area contributed by atoms with Crippen LogP contribution in [-0.2, 0) is 14.4 Å². The molecule has 1 aromatic carbocycles. The Kier molecular flexibility index (Phi) is 11.7. The second-order valence-corrected chi connectivity index (χ2v) is 11.5. The van der Waals surface area contributed by atoms with Crippen LogP contribution in [0, 0.1) is 5.92 Å². The van der Waals surface area contributed by atoms with Crippen molar-refractivity contribution >= 4 is 58.5 Å². The van der Waals surface area contributed by atoms with Gasteiger partial charge in [0.15, 0.2) is 0 Å². The first-order chi connectivity index (χ1) is 20.1. The number of benzene rings is 1. The number of amides is 3. The summed E-state index contributed by atoms with van der Waals surface area (Å²) in [7, 11) is 1.78. The van der Waals surface area contributed by atoms with Crippen molar-refractivity contribution in [3.8, 4) is 0 Å². The number of rotatable bonds is 4. The predicted molar refractivity (Wildman–Crippen MR) is 154 cm³/mol. The van der Waals surface area contributed by atoms with Crippen LogP contribution in [0.2, 0.25) is 15.2 Å². The van der Waals surface area contributed by atoms with Crippen LogP contribution < -0.4 is 0 Å². The van der Waals surface area contributed by atoms with E-state index >= 15 is 0 Å². The minimum Gasteiger partial charge on any atom is -0.475 e. The molecular formula is C28H30Cl3F3N4O5. The van der Waals surface area contributed by atoms with Gasteiger partial charge in [-0.2, -0.15) is 13.2 Å². The summed E-state index contributed by atoms with van der Waals surface area (Å²) < 4.78 is 31.7. The number of nitrogens with zero attached hydrogens (tertiary/aromatic N) is 4. The second-order valence-electron chi connectivity index (χ2n) is 10.3. The third-order valence-electron chi connectivity index (χ3n) is 7.58. The molecule has 2 fully saturated rings. The fraction of sp³-hybridized carbons (Fsp3) is 0.464. The molecule has 0 bridgehead atoms. The van der Waals surface area contributed by atoms with Crippen LogP contribution in [-0.4, -0.2) is 93.9 Å². The van der Waals surface area contributed by atoms with Crippen LogP contribution >= 0.6 is 34.8 Å². The van der Waals surface area contributed by atoms with Crippen LogP contribution in [0.4, 0.5) is 13.2 Å². The normalized spacial score (nSPS) is 19.3. The van der Waals surface area contributed by atoms with Crippen molar-refractivity contribution in [3.05, 3.63) is 62.9 Å². The summed E-state index contributed by atoms with van der Waals surface area (Å²) in [4.78, 5) is 56.8. The Morgan fingerprint density at radius 3 is 2.07 bits per heavy atom. The number of likely N-dealkylation sites (tertiary alicyclic amines) is 2. The van der Waals surface area contributed by atoms with Crippen molar-refractivity contribution in [2.24, 2.45) is 5.92 Å². The number of alkyl halides is 3. The van der Waals surface area contributed by atoms with E-state index in [-0.39, 0.29) is 35.6 Å². The van der Waals surface area contributed by atoms with E-state index in [4.69, 9.17) is 44.7 Å². The molecule has 15 heteroatoms. The van der Waals surface area contributed by atoms with Crippen LogP contribution in [0.15, 0.2) is 36.5 Å². The van der Waals surface area contributed by atoms with Crippen molar-refractivity contribution in [3.63, 3.8) is 0 Å². The van der Waals surface area contributed by atoms with Crippen LogP contribution in [0.5, 0.6) is 0 Å². The molecule has 2 atom stereocenters. The van der Waals surface area contributed by atoms with E-state index < -0.39 is 12.1 Å². The Labute approximate surface area is 261 Å². The minimum absolute atomic E-state index is 0.0463. The van der Waals surface area contributed by atoms with Gasteiger partial charge in [-0.3, -0.25) is 14.4 Å². The Morgan fingerprint density at radius 1 is 0.953 bits per heavy atom. The number of aliphatic carboxylic acids is 1. The molecular weight excluding hydrogens is 636 g/mol. The molecule has 9 nitrogen and oxygen atoms in total. The SMILES string of the molecule is CC(=O)N1CCC(C(=O)N2CCC(N(C)C(=O)c3ccc(Cl)nc3)C(c3ccc(Cl)c(Cl)c3)C2)CC1.O=C(O)C(F)(F)F. The Hall–Kier alpha value is -3.09. The minimum atomic E-state index is -5.08. The predicted octanol–water partition coefficient (Wildman–Crippen LogP) is 5.39. The summed E-state index contributed by atoms with van der Waals surface area (Å²) in [5, 5.41) is 8.34. The average Bonchev–Trinajstić information content (AvgIpc) is 2.97. The third kappa shape index (κ3) is 8.96. The number of halogens is 6. The number of hydrogen-bond acceptors (Lipinski definition) is 5. The van der Waals surface area contributed by atoms with Gasteiger partial charge in [-0.1, -0.05) is 40.9 Å². The zero-order valence-electron chi connectivity index (χ0n) is 23.3. The maximum absolute atomic E-state index is 13.5. The smallest absolute Gasteiger partial charge is 0.475 e. The van der Waals surface area contributed by atoms with Gasteiger partial charge >= 0.3 is 12.1 Å². The van der Waals surface area contributed by atoms with Crippen LogP contribution in [0.3, 0.4) is 0 Å². The fourth-order valence-corrected chi connectivity index (χ4v) is 5.65. The molecule has 234 valence electrons. The summed E-state index contributed by atoms with van der Waals surface area (Å²) in [6.07, 6.45) is -1.66. The van der Waals surface area contributed by atoms with Gasteiger partial charge in [0.05, 0.1) is 15.6 Å². The maximum Gasteiger partial charge on any atom is 0.490 e. The van der Waals surface area contributed by atoms with Crippen molar-refractivity contribution in [1.82, 2.24) is 19.7 Å². The van der Waals surface area contributed by atoms with Gasteiger partial charge < -0.3 is 19.8 Å². The molecule has 4 rings (SSSR count). The largest absolute Gasteiger partial charge is 0.490 e. The first-order valence-electron chi connectivity index (χ1n) is 13.3. The van der Waals surface area contributed by atoms with E-state index in [1.165, 1.54) is 6.20 Å². The number of pyridine rings is 1. The molecule has 2 aromatic rings. The van der Waals surface area contributed by atoms with Crippen molar-refractivity contribution < 1.29 is 37.5 Å². The molecule has 2 saturated heterocycles. The highest BCUT2D eigenvalue weighted by Gasteiger charge is 2.40. The number of aromatic nitrogens is 1.